The fourth-order valence-electron chi connectivity index (χ4n) is 2.92. The van der Waals surface area contributed by atoms with Gasteiger partial charge in [-0.2, -0.15) is 4.58 Å². The van der Waals surface area contributed by atoms with Gasteiger partial charge in [-0.05, 0) is 19.1 Å². The zero-order valence-electron chi connectivity index (χ0n) is 10.9. The quantitative estimate of drug-likeness (QED) is 0.580. The van der Waals surface area contributed by atoms with Crippen molar-refractivity contribution in [1.29, 1.82) is 0 Å². The molecule has 0 bridgehead atoms. The predicted octanol–water partition coefficient (Wildman–Crippen LogP) is 3.68. The zero-order valence-corrected chi connectivity index (χ0v) is 10.9. The summed E-state index contributed by atoms with van der Waals surface area (Å²) in [4.78, 5) is 0. The first-order valence-corrected chi connectivity index (χ1v) is 6.58. The molecule has 4 rings (SSSR count). The van der Waals surface area contributed by atoms with Crippen molar-refractivity contribution < 1.29 is 4.58 Å². The molecule has 2 heteroatoms. The van der Waals surface area contributed by atoms with Crippen LogP contribution in [0.4, 0.5) is 5.69 Å². The standard InChI is InChI=1S/C17H15N2/c1-13-5-2-3-8-16(13)19-11-15-7-4-6-14-9-10-18(12-19)17(14)15/h2-11H,12H2,1H3/q+1. The van der Waals surface area contributed by atoms with Gasteiger partial charge in [0.1, 0.15) is 0 Å². The summed E-state index contributed by atoms with van der Waals surface area (Å²) in [6, 6.07) is 17.2. The molecule has 0 spiro atoms. The second-order valence-corrected chi connectivity index (χ2v) is 5.10. The normalized spacial score (nSPS) is 13.6. The molecule has 92 valence electrons. The molecule has 0 radical (unpaired) electrons. The van der Waals surface area contributed by atoms with Crippen LogP contribution < -0.4 is 0 Å². The Morgan fingerprint density at radius 1 is 1.00 bits per heavy atom. The summed E-state index contributed by atoms with van der Waals surface area (Å²) >= 11 is 0. The fraction of sp³-hybridized carbons (Fsp3) is 0.118. The van der Waals surface area contributed by atoms with Gasteiger partial charge in [-0.25, -0.2) is 0 Å². The minimum atomic E-state index is 0.880. The second kappa shape index (κ2) is 3.82. The monoisotopic (exact) mass is 247 g/mol. The lowest BCUT2D eigenvalue weighted by Crippen LogP contribution is -2.18. The van der Waals surface area contributed by atoms with Gasteiger partial charge in [0.15, 0.2) is 6.21 Å². The maximum absolute atomic E-state index is 2.32. The van der Waals surface area contributed by atoms with E-state index in [2.05, 4.69) is 77.0 Å². The molecule has 2 heterocycles. The van der Waals surface area contributed by atoms with Crippen molar-refractivity contribution in [2.75, 3.05) is 0 Å². The van der Waals surface area contributed by atoms with Crippen LogP contribution in [-0.4, -0.2) is 15.4 Å². The van der Waals surface area contributed by atoms with Crippen molar-refractivity contribution in [2.24, 2.45) is 0 Å². The van der Waals surface area contributed by atoms with Crippen LogP contribution >= 0.6 is 0 Å². The summed E-state index contributed by atoms with van der Waals surface area (Å²) in [7, 11) is 0. The van der Waals surface area contributed by atoms with E-state index in [0.29, 0.717) is 0 Å². The van der Waals surface area contributed by atoms with Crippen LogP contribution in [0, 0.1) is 6.92 Å². The summed E-state index contributed by atoms with van der Waals surface area (Å²) < 4.78 is 4.63. The molecule has 0 saturated heterocycles. The average molecular weight is 247 g/mol. The van der Waals surface area contributed by atoms with Gasteiger partial charge in [-0.1, -0.05) is 30.3 Å². The molecule has 2 aromatic carbocycles. The van der Waals surface area contributed by atoms with Crippen molar-refractivity contribution in [3.8, 4) is 0 Å². The fourth-order valence-corrected chi connectivity index (χ4v) is 2.92. The number of benzene rings is 2. The molecule has 3 aromatic rings. The maximum Gasteiger partial charge on any atom is 0.228 e. The van der Waals surface area contributed by atoms with Gasteiger partial charge < -0.3 is 0 Å². The molecule has 19 heavy (non-hydrogen) atoms. The average Bonchev–Trinajstić information content (AvgIpc) is 2.84. The van der Waals surface area contributed by atoms with E-state index in [9.17, 15) is 0 Å². The summed E-state index contributed by atoms with van der Waals surface area (Å²) in [6.07, 6.45) is 4.43. The van der Waals surface area contributed by atoms with E-state index in [1.54, 1.807) is 0 Å². The van der Waals surface area contributed by atoms with Crippen molar-refractivity contribution >= 4 is 22.8 Å². The maximum atomic E-state index is 2.32. The summed E-state index contributed by atoms with van der Waals surface area (Å²) in [5.74, 6) is 0. The smallest absolute Gasteiger partial charge is 0.228 e. The zero-order chi connectivity index (χ0) is 12.8. The van der Waals surface area contributed by atoms with E-state index in [4.69, 9.17) is 0 Å². The summed E-state index contributed by atoms with van der Waals surface area (Å²) in [5, 5.41) is 1.32. The first kappa shape index (κ1) is 10.6. The molecule has 0 fully saturated rings. The van der Waals surface area contributed by atoms with Crippen LogP contribution in [-0.2, 0) is 6.67 Å². The molecular weight excluding hydrogens is 232 g/mol. The predicted molar refractivity (Wildman–Crippen MR) is 78.2 cm³/mol. The molecule has 1 aliphatic rings. The van der Waals surface area contributed by atoms with E-state index in [1.165, 1.54) is 27.7 Å². The van der Waals surface area contributed by atoms with Gasteiger partial charge >= 0.3 is 0 Å². The molecule has 1 aliphatic heterocycles. The van der Waals surface area contributed by atoms with Crippen LogP contribution in [0.5, 0.6) is 0 Å². The third kappa shape index (κ3) is 1.53. The highest BCUT2D eigenvalue weighted by atomic mass is 15.2. The Hall–Kier alpha value is -2.35. The molecule has 0 amide bonds. The van der Waals surface area contributed by atoms with Gasteiger partial charge in [-0.15, -0.1) is 0 Å². The number of aromatic nitrogens is 1. The third-order valence-electron chi connectivity index (χ3n) is 3.84. The van der Waals surface area contributed by atoms with E-state index >= 15 is 0 Å². The lowest BCUT2D eigenvalue weighted by Gasteiger charge is -2.13. The molecule has 0 aliphatic carbocycles. The minimum Gasteiger partial charge on any atom is -0.291 e. The van der Waals surface area contributed by atoms with E-state index in [1.807, 2.05) is 0 Å². The van der Waals surface area contributed by atoms with Crippen LogP contribution in [0.3, 0.4) is 0 Å². The third-order valence-corrected chi connectivity index (χ3v) is 3.84. The van der Waals surface area contributed by atoms with E-state index < -0.39 is 0 Å². The Bertz CT molecular complexity index is 809. The van der Waals surface area contributed by atoms with Crippen molar-refractivity contribution in [2.45, 2.75) is 13.6 Å². The van der Waals surface area contributed by atoms with Gasteiger partial charge in [0.25, 0.3) is 0 Å². The van der Waals surface area contributed by atoms with E-state index in [0.717, 1.165) is 6.67 Å². The molecule has 0 atom stereocenters. The van der Waals surface area contributed by atoms with E-state index in [-0.39, 0.29) is 0 Å². The highest BCUT2D eigenvalue weighted by Crippen LogP contribution is 2.26. The Morgan fingerprint density at radius 3 is 2.79 bits per heavy atom. The number of nitrogens with zero attached hydrogens (tertiary/aromatic N) is 2. The number of aryl methyl sites for hydroxylation is 1. The molecule has 0 unspecified atom stereocenters. The van der Waals surface area contributed by atoms with Crippen molar-refractivity contribution in [3.63, 3.8) is 0 Å². The Balaban J connectivity index is 1.95. The van der Waals surface area contributed by atoms with Gasteiger partial charge in [-0.3, -0.25) is 4.57 Å². The Labute approximate surface area is 112 Å². The summed E-state index contributed by atoms with van der Waals surface area (Å²) in [6.45, 7) is 3.04. The summed E-state index contributed by atoms with van der Waals surface area (Å²) in [5.41, 5.74) is 5.21. The highest BCUT2D eigenvalue weighted by molar-refractivity contribution is 5.97. The van der Waals surface area contributed by atoms with Crippen LogP contribution in [0.15, 0.2) is 54.7 Å². The Kier molecular flexibility index (Phi) is 2.12. The number of hydrogen-bond donors (Lipinski definition) is 0. The first-order chi connectivity index (χ1) is 9.33. The number of hydrogen-bond acceptors (Lipinski definition) is 0. The van der Waals surface area contributed by atoms with Crippen LogP contribution in [0.1, 0.15) is 11.1 Å². The molecule has 0 N–H and O–H groups in total. The largest absolute Gasteiger partial charge is 0.291 e. The molecule has 1 aromatic heterocycles. The lowest BCUT2D eigenvalue weighted by atomic mass is 10.1. The number of para-hydroxylation sites is 2. The highest BCUT2D eigenvalue weighted by Gasteiger charge is 2.20. The van der Waals surface area contributed by atoms with Crippen LogP contribution in [0.25, 0.3) is 10.9 Å². The molecular formula is C17H15N2+. The lowest BCUT2D eigenvalue weighted by molar-refractivity contribution is -0.472. The second-order valence-electron chi connectivity index (χ2n) is 5.10. The van der Waals surface area contributed by atoms with Gasteiger partial charge in [0.05, 0.1) is 11.1 Å². The topological polar surface area (TPSA) is 7.94 Å². The van der Waals surface area contributed by atoms with Gasteiger partial charge in [0, 0.05) is 23.2 Å². The van der Waals surface area contributed by atoms with Crippen molar-refractivity contribution in [3.05, 3.63) is 65.9 Å². The number of rotatable bonds is 1. The van der Waals surface area contributed by atoms with Gasteiger partial charge in [0.2, 0.25) is 12.4 Å². The SMILES string of the molecule is Cc1ccccc1[N+]1=Cc2cccc3ccn(c23)C1. The van der Waals surface area contributed by atoms with Crippen LogP contribution in [0.2, 0.25) is 0 Å². The molecule has 0 saturated carbocycles. The molecule has 2 nitrogen and oxygen atoms in total. The van der Waals surface area contributed by atoms with Crippen molar-refractivity contribution in [1.82, 2.24) is 4.57 Å². The Morgan fingerprint density at radius 2 is 1.89 bits per heavy atom. The minimum absolute atomic E-state index is 0.880. The first-order valence-electron chi connectivity index (χ1n) is 6.58.